The molecule has 2 unspecified atom stereocenters. The number of nitrogens with zero attached hydrogens (tertiary/aromatic N) is 1. The molecule has 5 heteroatoms. The molecule has 0 saturated carbocycles. The lowest BCUT2D eigenvalue weighted by molar-refractivity contribution is -0.132. The Kier molecular flexibility index (Phi) is 7.55. The molecule has 2 saturated heterocycles. The van der Waals surface area contributed by atoms with Gasteiger partial charge in [0.1, 0.15) is 0 Å². The number of hydrogen-bond acceptors (Lipinski definition) is 3. The van der Waals surface area contributed by atoms with Crippen LogP contribution in [0.1, 0.15) is 32.6 Å². The maximum absolute atomic E-state index is 12.3. The molecule has 2 heterocycles. The number of nitrogens with one attached hydrogen (secondary N) is 1. The molecule has 2 aliphatic heterocycles. The highest BCUT2D eigenvalue weighted by Gasteiger charge is 2.27. The molecule has 3 nitrogen and oxygen atoms in total. The number of hydrogen-bond donors (Lipinski definition) is 1. The first kappa shape index (κ1) is 17.1. The topological polar surface area (TPSA) is 32.3 Å². The summed E-state index contributed by atoms with van der Waals surface area (Å²) in [6.45, 7) is 4.50. The summed E-state index contributed by atoms with van der Waals surface area (Å²) in [5.74, 6) is 3.97. The molecule has 1 amide bonds. The van der Waals surface area contributed by atoms with Crippen LogP contribution in [0, 0.1) is 11.8 Å². The van der Waals surface area contributed by atoms with Gasteiger partial charge in [0.05, 0.1) is 0 Å². The molecule has 2 atom stereocenters. The number of thioether (sulfide) groups is 1. The van der Waals surface area contributed by atoms with Gasteiger partial charge in [-0.1, -0.05) is 6.92 Å². The third kappa shape index (κ3) is 4.83. The van der Waals surface area contributed by atoms with E-state index in [4.69, 9.17) is 0 Å². The number of carbonyl (C=O) groups excluding carboxylic acids is 1. The van der Waals surface area contributed by atoms with Crippen LogP contribution in [0.15, 0.2) is 0 Å². The first-order valence-electron chi connectivity index (χ1n) is 7.22. The van der Waals surface area contributed by atoms with E-state index < -0.39 is 0 Å². The smallest absolute Gasteiger partial charge is 0.222 e. The number of carbonyl (C=O) groups is 1. The summed E-state index contributed by atoms with van der Waals surface area (Å²) in [6, 6.07) is 0.489. The zero-order chi connectivity index (χ0) is 13.0. The Morgan fingerprint density at radius 3 is 2.63 bits per heavy atom. The van der Waals surface area contributed by atoms with Crippen molar-refractivity contribution >= 4 is 30.1 Å². The molecule has 0 aromatic heterocycles. The quantitative estimate of drug-likeness (QED) is 0.865. The van der Waals surface area contributed by atoms with Crippen LogP contribution < -0.4 is 5.32 Å². The van der Waals surface area contributed by atoms with Crippen molar-refractivity contribution in [2.75, 3.05) is 31.6 Å². The second-order valence-electron chi connectivity index (χ2n) is 5.79. The molecule has 19 heavy (non-hydrogen) atoms. The molecule has 0 spiro atoms. The average molecular weight is 307 g/mol. The normalized spacial score (nSPS) is 25.7. The molecular formula is C14H27ClN2OS. The minimum absolute atomic E-state index is 0. The zero-order valence-electron chi connectivity index (χ0n) is 12.1. The summed E-state index contributed by atoms with van der Waals surface area (Å²) >= 11 is 1.97. The van der Waals surface area contributed by atoms with Crippen LogP contribution in [-0.4, -0.2) is 48.5 Å². The Morgan fingerprint density at radius 2 is 2.05 bits per heavy atom. The Hall–Kier alpha value is 0.0700. The Morgan fingerprint density at radius 1 is 1.37 bits per heavy atom. The molecule has 2 rings (SSSR count). The summed E-state index contributed by atoms with van der Waals surface area (Å²) < 4.78 is 0. The molecule has 2 aliphatic rings. The molecule has 0 aromatic carbocycles. The zero-order valence-corrected chi connectivity index (χ0v) is 13.7. The van der Waals surface area contributed by atoms with E-state index in [2.05, 4.69) is 12.2 Å². The van der Waals surface area contributed by atoms with Gasteiger partial charge in [-0.3, -0.25) is 4.79 Å². The van der Waals surface area contributed by atoms with Crippen LogP contribution in [0.2, 0.25) is 0 Å². The summed E-state index contributed by atoms with van der Waals surface area (Å²) in [5.41, 5.74) is 0. The van der Waals surface area contributed by atoms with E-state index in [1.807, 2.05) is 23.7 Å². The van der Waals surface area contributed by atoms with Crippen molar-refractivity contribution in [3.63, 3.8) is 0 Å². The van der Waals surface area contributed by atoms with Gasteiger partial charge in [-0.15, -0.1) is 12.4 Å². The van der Waals surface area contributed by atoms with Gasteiger partial charge in [0.25, 0.3) is 0 Å². The van der Waals surface area contributed by atoms with Crippen LogP contribution in [0.4, 0.5) is 0 Å². The molecule has 0 aromatic rings. The fourth-order valence-electron chi connectivity index (χ4n) is 3.03. The molecule has 1 N–H and O–H groups in total. The molecule has 0 bridgehead atoms. The second kappa shape index (κ2) is 8.38. The summed E-state index contributed by atoms with van der Waals surface area (Å²) in [5, 5.41) is 3.39. The highest BCUT2D eigenvalue weighted by molar-refractivity contribution is 7.99. The van der Waals surface area contributed by atoms with Gasteiger partial charge in [-0.25, -0.2) is 0 Å². The van der Waals surface area contributed by atoms with Gasteiger partial charge in [0.15, 0.2) is 0 Å². The highest BCUT2D eigenvalue weighted by Crippen LogP contribution is 2.27. The van der Waals surface area contributed by atoms with Crippen molar-refractivity contribution in [3.8, 4) is 0 Å². The number of piperidine rings is 1. The molecular weight excluding hydrogens is 280 g/mol. The summed E-state index contributed by atoms with van der Waals surface area (Å²) in [6.07, 6.45) is 4.38. The molecule has 112 valence electrons. The van der Waals surface area contributed by atoms with E-state index in [1.54, 1.807) is 0 Å². The summed E-state index contributed by atoms with van der Waals surface area (Å²) in [7, 11) is 1.99. The van der Waals surface area contributed by atoms with Crippen LogP contribution in [-0.2, 0) is 4.79 Å². The van der Waals surface area contributed by atoms with Gasteiger partial charge in [0.2, 0.25) is 5.91 Å². The highest BCUT2D eigenvalue weighted by atomic mass is 35.5. The lowest BCUT2D eigenvalue weighted by atomic mass is 9.84. The van der Waals surface area contributed by atoms with Crippen LogP contribution in [0.5, 0.6) is 0 Å². The molecule has 0 aliphatic carbocycles. The van der Waals surface area contributed by atoms with Gasteiger partial charge < -0.3 is 10.2 Å². The lowest BCUT2D eigenvalue weighted by Crippen LogP contribution is -2.39. The van der Waals surface area contributed by atoms with Crippen molar-refractivity contribution in [3.05, 3.63) is 0 Å². The predicted octanol–water partition coefficient (Wildman–Crippen LogP) is 2.40. The van der Waals surface area contributed by atoms with E-state index in [-0.39, 0.29) is 12.4 Å². The van der Waals surface area contributed by atoms with E-state index >= 15 is 0 Å². The Labute approximate surface area is 127 Å². The number of amides is 1. The van der Waals surface area contributed by atoms with E-state index in [9.17, 15) is 4.79 Å². The Bertz CT molecular complexity index is 279. The lowest BCUT2D eigenvalue weighted by Gasteiger charge is -2.30. The maximum Gasteiger partial charge on any atom is 0.222 e. The molecule has 0 radical (unpaired) electrons. The third-order valence-corrected chi connectivity index (χ3v) is 5.68. The predicted molar refractivity (Wildman–Crippen MR) is 85.1 cm³/mol. The van der Waals surface area contributed by atoms with Crippen LogP contribution >= 0.6 is 24.2 Å². The maximum atomic E-state index is 12.3. The summed E-state index contributed by atoms with van der Waals surface area (Å²) in [4.78, 5) is 14.3. The average Bonchev–Trinajstić information content (AvgIpc) is 2.92. The minimum Gasteiger partial charge on any atom is -0.342 e. The van der Waals surface area contributed by atoms with E-state index in [1.165, 1.54) is 25.0 Å². The fourth-order valence-corrected chi connectivity index (χ4v) is 4.30. The van der Waals surface area contributed by atoms with Gasteiger partial charge in [-0.2, -0.15) is 11.8 Å². The van der Waals surface area contributed by atoms with Crippen molar-refractivity contribution in [2.24, 2.45) is 11.8 Å². The fraction of sp³-hybridized carbons (Fsp3) is 0.929. The van der Waals surface area contributed by atoms with Crippen molar-refractivity contribution in [2.45, 2.75) is 38.6 Å². The number of rotatable bonds is 4. The molecule has 2 fully saturated rings. The first-order chi connectivity index (χ1) is 8.68. The largest absolute Gasteiger partial charge is 0.342 e. The third-order valence-electron chi connectivity index (χ3n) is 4.53. The van der Waals surface area contributed by atoms with E-state index in [0.29, 0.717) is 17.9 Å². The second-order valence-corrected chi connectivity index (χ2v) is 6.94. The minimum atomic E-state index is 0. The van der Waals surface area contributed by atoms with Crippen LogP contribution in [0.25, 0.3) is 0 Å². The SMILES string of the molecule is CC(CC(=O)N(C)C1CCSC1)C1CCNCC1.Cl. The van der Waals surface area contributed by atoms with Crippen LogP contribution in [0.3, 0.4) is 0 Å². The van der Waals surface area contributed by atoms with Crippen molar-refractivity contribution in [1.29, 1.82) is 0 Å². The van der Waals surface area contributed by atoms with Crippen molar-refractivity contribution < 1.29 is 4.79 Å². The first-order valence-corrected chi connectivity index (χ1v) is 8.38. The number of halogens is 1. The standard InChI is InChI=1S/C14H26N2OS.ClH/c1-11(12-3-6-15-7-4-12)9-14(17)16(2)13-5-8-18-10-13;/h11-13,15H,3-10H2,1-2H3;1H. The van der Waals surface area contributed by atoms with Gasteiger partial charge in [0, 0.05) is 25.3 Å². The van der Waals surface area contributed by atoms with Crippen molar-refractivity contribution in [1.82, 2.24) is 10.2 Å². The Balaban J connectivity index is 0.00000180. The van der Waals surface area contributed by atoms with Gasteiger partial charge >= 0.3 is 0 Å². The van der Waals surface area contributed by atoms with Gasteiger partial charge in [-0.05, 0) is 49.9 Å². The van der Waals surface area contributed by atoms with E-state index in [0.717, 1.165) is 31.2 Å². The monoisotopic (exact) mass is 306 g/mol.